The predicted octanol–water partition coefficient (Wildman–Crippen LogP) is 2.37. The van der Waals surface area contributed by atoms with E-state index < -0.39 is 0 Å². The SMILES string of the molecule is Cl.Cl.Cl.Cl.Cl.Cl.[H-].[H-].[Mg+2]. The first kappa shape index (κ1) is 110. The van der Waals surface area contributed by atoms with Gasteiger partial charge in [-0.15, -0.1) is 74.4 Å². The van der Waals surface area contributed by atoms with Gasteiger partial charge in [0.1, 0.15) is 0 Å². The summed E-state index contributed by atoms with van der Waals surface area (Å²) in [5.74, 6) is 0. The fourth-order valence-corrected chi connectivity index (χ4v) is 0. The van der Waals surface area contributed by atoms with Crippen molar-refractivity contribution >= 4 is 97.5 Å². The van der Waals surface area contributed by atoms with Gasteiger partial charge in [-0.1, -0.05) is 0 Å². The minimum Gasteiger partial charge on any atom is -1.00 e. The summed E-state index contributed by atoms with van der Waals surface area (Å²) in [6.07, 6.45) is 0. The van der Waals surface area contributed by atoms with E-state index in [-0.39, 0.29) is 100 Å². The number of hydrogen-bond donors (Lipinski definition) is 0. The van der Waals surface area contributed by atoms with E-state index in [4.69, 9.17) is 0 Å². The third kappa shape index (κ3) is 57.3. The average molecular weight is 245 g/mol. The second-order valence-electron chi connectivity index (χ2n) is 0. The molecule has 7 heavy (non-hydrogen) atoms. The summed E-state index contributed by atoms with van der Waals surface area (Å²) in [6.45, 7) is 0. The van der Waals surface area contributed by atoms with Crippen LogP contribution in [0.1, 0.15) is 2.85 Å². The van der Waals surface area contributed by atoms with E-state index in [0.29, 0.717) is 0 Å². The molecule has 0 aliphatic rings. The molecule has 0 aliphatic carbocycles. The second-order valence-corrected chi connectivity index (χ2v) is 0. The van der Waals surface area contributed by atoms with E-state index in [2.05, 4.69) is 0 Å². The normalized spacial score (nSPS) is 0. The smallest absolute Gasteiger partial charge is 1.00 e. The summed E-state index contributed by atoms with van der Waals surface area (Å²) in [5.41, 5.74) is 0. The maximum Gasteiger partial charge on any atom is 2.00 e. The molecule has 52 valence electrons. The molecular weight excluding hydrogens is 237 g/mol. The van der Waals surface area contributed by atoms with E-state index in [1.54, 1.807) is 0 Å². The summed E-state index contributed by atoms with van der Waals surface area (Å²) in [6, 6.07) is 0. The van der Waals surface area contributed by atoms with Crippen molar-refractivity contribution in [2.24, 2.45) is 0 Å². The summed E-state index contributed by atoms with van der Waals surface area (Å²) in [4.78, 5) is 0. The van der Waals surface area contributed by atoms with Crippen LogP contribution in [-0.4, -0.2) is 23.1 Å². The number of rotatable bonds is 0. The van der Waals surface area contributed by atoms with Gasteiger partial charge in [0.05, 0.1) is 0 Å². The van der Waals surface area contributed by atoms with Crippen molar-refractivity contribution < 1.29 is 2.85 Å². The molecule has 0 aromatic carbocycles. The van der Waals surface area contributed by atoms with Crippen molar-refractivity contribution in [3.63, 3.8) is 0 Å². The Labute approximate surface area is 99.5 Å². The van der Waals surface area contributed by atoms with Crippen LogP contribution in [0.4, 0.5) is 0 Å². The standard InChI is InChI=1S/6ClH.Mg.2H/h6*1H;;;/q;;;;;;+2;2*-1. The van der Waals surface area contributed by atoms with Crippen LogP contribution >= 0.6 is 74.4 Å². The molecule has 0 fully saturated rings. The Morgan fingerprint density at radius 2 is 0.429 bits per heavy atom. The first-order chi connectivity index (χ1) is 0. The predicted molar refractivity (Wildman–Crippen MR) is 51.5 cm³/mol. The molecule has 0 spiro atoms. The molecule has 0 rings (SSSR count). The van der Waals surface area contributed by atoms with Crippen LogP contribution in [0.25, 0.3) is 0 Å². The van der Waals surface area contributed by atoms with E-state index in [9.17, 15) is 0 Å². The zero-order chi connectivity index (χ0) is 0. The van der Waals surface area contributed by atoms with Crippen LogP contribution in [0.5, 0.6) is 0 Å². The minimum absolute atomic E-state index is 0. The number of halogens is 6. The fourth-order valence-electron chi connectivity index (χ4n) is 0. The van der Waals surface area contributed by atoms with Crippen LogP contribution in [0.3, 0.4) is 0 Å². The first-order valence-corrected chi connectivity index (χ1v) is 0. The molecule has 0 aliphatic heterocycles. The van der Waals surface area contributed by atoms with Gasteiger partial charge in [-0.2, -0.15) is 0 Å². The van der Waals surface area contributed by atoms with Gasteiger partial charge in [0.15, 0.2) is 0 Å². The van der Waals surface area contributed by atoms with Crippen molar-refractivity contribution in [1.29, 1.82) is 0 Å². The topological polar surface area (TPSA) is 0 Å². The minimum atomic E-state index is 0. The molecule has 0 saturated carbocycles. The van der Waals surface area contributed by atoms with Gasteiger partial charge in [0, 0.05) is 0 Å². The van der Waals surface area contributed by atoms with Gasteiger partial charge < -0.3 is 2.85 Å². The van der Waals surface area contributed by atoms with Gasteiger partial charge in [0.25, 0.3) is 0 Å². The van der Waals surface area contributed by atoms with Gasteiger partial charge in [-0.05, 0) is 0 Å². The van der Waals surface area contributed by atoms with Crippen LogP contribution < -0.4 is 0 Å². The van der Waals surface area contributed by atoms with E-state index in [0.717, 1.165) is 0 Å². The fraction of sp³-hybridized carbons (Fsp3) is 0. The molecule has 0 bridgehead atoms. The third-order valence-electron chi connectivity index (χ3n) is 0. The summed E-state index contributed by atoms with van der Waals surface area (Å²) < 4.78 is 0. The zero-order valence-electron chi connectivity index (χ0n) is 5.16. The Hall–Kier alpha value is 2.51. The quantitative estimate of drug-likeness (QED) is 0.575. The van der Waals surface area contributed by atoms with Crippen LogP contribution in [0, 0.1) is 0 Å². The molecule has 0 atom stereocenters. The largest absolute Gasteiger partial charge is 2.00 e. The Morgan fingerprint density at radius 3 is 0.429 bits per heavy atom. The molecule has 0 unspecified atom stereocenters. The van der Waals surface area contributed by atoms with Gasteiger partial charge in [-0.3, -0.25) is 0 Å². The van der Waals surface area contributed by atoms with E-state index >= 15 is 0 Å². The maximum atomic E-state index is 0. The van der Waals surface area contributed by atoms with E-state index in [1.807, 2.05) is 0 Å². The molecule has 0 heterocycles. The van der Waals surface area contributed by atoms with Crippen LogP contribution in [-0.2, 0) is 0 Å². The summed E-state index contributed by atoms with van der Waals surface area (Å²) in [7, 11) is 0. The Bertz CT molecular complexity index is 11.0. The van der Waals surface area contributed by atoms with Gasteiger partial charge in [0.2, 0.25) is 0 Å². The van der Waals surface area contributed by atoms with Crippen molar-refractivity contribution in [3.05, 3.63) is 0 Å². The molecule has 0 saturated heterocycles. The van der Waals surface area contributed by atoms with Crippen LogP contribution in [0.15, 0.2) is 0 Å². The van der Waals surface area contributed by atoms with Crippen molar-refractivity contribution in [1.82, 2.24) is 0 Å². The molecule has 0 aromatic rings. The molecular formula is H8Cl6Mg. The number of hydrogen-bond acceptors (Lipinski definition) is 0. The maximum absolute atomic E-state index is 0. The average Bonchev–Trinajstić information content (AvgIpc) is 0. The Morgan fingerprint density at radius 1 is 0.429 bits per heavy atom. The molecule has 0 nitrogen and oxygen atoms in total. The monoisotopic (exact) mass is 242 g/mol. The summed E-state index contributed by atoms with van der Waals surface area (Å²) >= 11 is 0. The molecule has 0 radical (unpaired) electrons. The van der Waals surface area contributed by atoms with Gasteiger partial charge >= 0.3 is 23.1 Å². The van der Waals surface area contributed by atoms with E-state index in [1.165, 1.54) is 0 Å². The molecule has 7 heteroatoms. The third-order valence-corrected chi connectivity index (χ3v) is 0. The van der Waals surface area contributed by atoms with Crippen LogP contribution in [0.2, 0.25) is 0 Å². The Kier molecular flexibility index (Phi) is 1190. The van der Waals surface area contributed by atoms with Crippen molar-refractivity contribution in [3.8, 4) is 0 Å². The molecule has 0 amide bonds. The zero-order valence-corrected chi connectivity index (χ0v) is 9.47. The van der Waals surface area contributed by atoms with Crippen molar-refractivity contribution in [2.45, 2.75) is 0 Å². The Balaban J connectivity index is 0. The first-order valence-electron chi connectivity index (χ1n) is 0. The summed E-state index contributed by atoms with van der Waals surface area (Å²) in [5, 5.41) is 0. The van der Waals surface area contributed by atoms with Crippen molar-refractivity contribution in [2.75, 3.05) is 0 Å². The molecule has 0 N–H and O–H groups in total. The van der Waals surface area contributed by atoms with Gasteiger partial charge in [-0.25, -0.2) is 0 Å². The molecule has 0 aromatic heterocycles. The second kappa shape index (κ2) is 76.3.